The number of methoxy groups -OCH3 is 2. The fourth-order valence-corrected chi connectivity index (χ4v) is 4.59. The average Bonchev–Trinajstić information content (AvgIpc) is 2.99. The first kappa shape index (κ1) is 23.8. The minimum atomic E-state index is -0.201. The summed E-state index contributed by atoms with van der Waals surface area (Å²) in [6.07, 6.45) is 7.38. The molecule has 1 aromatic rings. The summed E-state index contributed by atoms with van der Waals surface area (Å²) in [7, 11) is 3.26. The molecule has 1 saturated carbocycles. The Labute approximate surface area is 190 Å². The highest BCUT2D eigenvalue weighted by Crippen LogP contribution is 2.35. The van der Waals surface area contributed by atoms with Gasteiger partial charge in [0.15, 0.2) is 0 Å². The molecule has 0 atom stereocenters. The third-order valence-corrected chi connectivity index (χ3v) is 6.36. The van der Waals surface area contributed by atoms with E-state index in [0.29, 0.717) is 48.2 Å². The van der Waals surface area contributed by atoms with Crippen LogP contribution >= 0.6 is 11.6 Å². The number of ether oxygens (including phenoxy) is 2. The van der Waals surface area contributed by atoms with Crippen molar-refractivity contribution >= 4 is 29.0 Å². The van der Waals surface area contributed by atoms with Gasteiger partial charge in [-0.2, -0.15) is 0 Å². The molecular weight excluding hydrogens is 416 g/mol. The lowest BCUT2D eigenvalue weighted by atomic mass is 9.95. The van der Waals surface area contributed by atoms with Crippen LogP contribution in [0.15, 0.2) is 30.0 Å². The van der Waals surface area contributed by atoms with Gasteiger partial charge in [-0.1, -0.05) is 55.8 Å². The SMILES string of the molecule is COCCN(CCOC)C1=C(c2ccc(Cl)cc2)C(=O)N(C2CCCCCCC2)C1=O. The van der Waals surface area contributed by atoms with Gasteiger partial charge in [-0.3, -0.25) is 14.5 Å². The lowest BCUT2D eigenvalue weighted by molar-refractivity contribution is -0.140. The van der Waals surface area contributed by atoms with Gasteiger partial charge in [0.25, 0.3) is 11.8 Å². The number of halogens is 1. The number of nitrogens with zero attached hydrogens (tertiary/aromatic N) is 2. The number of rotatable bonds is 9. The molecule has 0 saturated heterocycles. The number of carbonyl (C=O) groups excluding carboxylic acids is 2. The zero-order chi connectivity index (χ0) is 22.2. The first-order valence-corrected chi connectivity index (χ1v) is 11.6. The van der Waals surface area contributed by atoms with E-state index in [0.717, 1.165) is 38.5 Å². The van der Waals surface area contributed by atoms with Crippen molar-refractivity contribution in [1.29, 1.82) is 0 Å². The molecule has 1 aromatic carbocycles. The van der Waals surface area contributed by atoms with E-state index in [4.69, 9.17) is 21.1 Å². The molecule has 0 radical (unpaired) electrons. The highest BCUT2D eigenvalue weighted by Gasteiger charge is 2.44. The maximum atomic E-state index is 13.7. The molecule has 0 bridgehead atoms. The Morgan fingerprint density at radius 3 is 2.00 bits per heavy atom. The topological polar surface area (TPSA) is 59.1 Å². The normalized spacial score (nSPS) is 18.5. The van der Waals surface area contributed by atoms with Crippen molar-refractivity contribution in [2.75, 3.05) is 40.5 Å². The van der Waals surface area contributed by atoms with Crippen molar-refractivity contribution in [2.24, 2.45) is 0 Å². The molecule has 1 heterocycles. The Hall–Kier alpha value is -1.89. The Morgan fingerprint density at radius 1 is 0.903 bits per heavy atom. The minimum Gasteiger partial charge on any atom is -0.383 e. The molecule has 0 spiro atoms. The molecule has 3 rings (SSSR count). The number of imide groups is 1. The Kier molecular flexibility index (Phi) is 8.93. The highest BCUT2D eigenvalue weighted by atomic mass is 35.5. The van der Waals surface area contributed by atoms with Crippen molar-refractivity contribution in [3.8, 4) is 0 Å². The predicted molar refractivity (Wildman–Crippen MR) is 122 cm³/mol. The van der Waals surface area contributed by atoms with E-state index in [1.807, 2.05) is 17.0 Å². The van der Waals surface area contributed by atoms with Crippen molar-refractivity contribution in [2.45, 2.75) is 51.0 Å². The molecule has 170 valence electrons. The standard InChI is InChI=1S/C24H33ClN2O4/c1-30-16-14-26(15-17-31-2)22-21(18-10-12-19(25)13-11-18)23(28)27(24(22)29)20-8-6-4-3-5-7-9-20/h10-13,20H,3-9,14-17H2,1-2H3. The summed E-state index contributed by atoms with van der Waals surface area (Å²) < 4.78 is 10.5. The van der Waals surface area contributed by atoms with Crippen LogP contribution in [-0.2, 0) is 19.1 Å². The fourth-order valence-electron chi connectivity index (χ4n) is 4.47. The zero-order valence-corrected chi connectivity index (χ0v) is 19.3. The molecule has 0 N–H and O–H groups in total. The Morgan fingerprint density at radius 2 is 1.45 bits per heavy atom. The molecule has 2 amide bonds. The van der Waals surface area contributed by atoms with Crippen LogP contribution in [0.2, 0.25) is 5.02 Å². The molecule has 2 aliphatic rings. The molecule has 6 nitrogen and oxygen atoms in total. The van der Waals surface area contributed by atoms with Gasteiger partial charge in [0.05, 0.1) is 18.8 Å². The molecule has 0 unspecified atom stereocenters. The molecule has 7 heteroatoms. The lowest BCUT2D eigenvalue weighted by Gasteiger charge is -2.30. The predicted octanol–water partition coefficient (Wildman–Crippen LogP) is 4.13. The van der Waals surface area contributed by atoms with Crippen molar-refractivity contribution in [3.63, 3.8) is 0 Å². The summed E-state index contributed by atoms with van der Waals surface area (Å²) in [5, 5.41) is 0.593. The summed E-state index contributed by atoms with van der Waals surface area (Å²) in [6, 6.07) is 7.09. The van der Waals surface area contributed by atoms with E-state index in [-0.39, 0.29) is 17.9 Å². The zero-order valence-electron chi connectivity index (χ0n) is 18.6. The largest absolute Gasteiger partial charge is 0.383 e. The van der Waals surface area contributed by atoms with Crippen LogP contribution < -0.4 is 0 Å². The second kappa shape index (κ2) is 11.7. The molecular formula is C24H33ClN2O4. The first-order chi connectivity index (χ1) is 15.1. The van der Waals surface area contributed by atoms with Crippen LogP contribution in [0.25, 0.3) is 5.57 Å². The third kappa shape index (κ3) is 5.68. The van der Waals surface area contributed by atoms with Crippen molar-refractivity contribution in [3.05, 3.63) is 40.5 Å². The van der Waals surface area contributed by atoms with Gasteiger partial charge in [-0.15, -0.1) is 0 Å². The van der Waals surface area contributed by atoms with Gasteiger partial charge >= 0.3 is 0 Å². The van der Waals surface area contributed by atoms with Gasteiger partial charge < -0.3 is 14.4 Å². The van der Waals surface area contributed by atoms with Crippen LogP contribution in [0.5, 0.6) is 0 Å². The van der Waals surface area contributed by atoms with E-state index < -0.39 is 0 Å². The summed E-state index contributed by atoms with van der Waals surface area (Å²) >= 11 is 6.08. The summed E-state index contributed by atoms with van der Waals surface area (Å²) in [5.74, 6) is -0.402. The second-order valence-electron chi connectivity index (χ2n) is 8.18. The molecule has 0 aromatic heterocycles. The molecule has 1 aliphatic carbocycles. The number of benzene rings is 1. The Balaban J connectivity index is 2.01. The van der Waals surface area contributed by atoms with Gasteiger partial charge in [0, 0.05) is 38.4 Å². The van der Waals surface area contributed by atoms with E-state index in [2.05, 4.69) is 0 Å². The highest BCUT2D eigenvalue weighted by molar-refractivity contribution is 6.36. The van der Waals surface area contributed by atoms with Crippen LogP contribution in [0.4, 0.5) is 0 Å². The molecule has 1 fully saturated rings. The quantitative estimate of drug-likeness (QED) is 0.531. The maximum Gasteiger partial charge on any atom is 0.278 e. The van der Waals surface area contributed by atoms with E-state index in [1.54, 1.807) is 26.4 Å². The third-order valence-electron chi connectivity index (χ3n) is 6.11. The van der Waals surface area contributed by atoms with Gasteiger partial charge in [0.1, 0.15) is 5.70 Å². The summed E-state index contributed by atoms with van der Waals surface area (Å²) in [5.41, 5.74) is 1.62. The Bertz CT molecular complexity index is 777. The van der Waals surface area contributed by atoms with Gasteiger partial charge in [0.2, 0.25) is 0 Å². The summed E-state index contributed by atoms with van der Waals surface area (Å²) in [4.78, 5) is 30.9. The van der Waals surface area contributed by atoms with Gasteiger partial charge in [-0.05, 0) is 30.5 Å². The monoisotopic (exact) mass is 448 g/mol. The van der Waals surface area contributed by atoms with Crippen molar-refractivity contribution < 1.29 is 19.1 Å². The lowest BCUT2D eigenvalue weighted by Crippen LogP contribution is -2.43. The van der Waals surface area contributed by atoms with E-state index in [9.17, 15) is 9.59 Å². The van der Waals surface area contributed by atoms with Crippen LogP contribution in [0.3, 0.4) is 0 Å². The van der Waals surface area contributed by atoms with E-state index in [1.165, 1.54) is 11.3 Å². The van der Waals surface area contributed by atoms with E-state index >= 15 is 0 Å². The minimum absolute atomic E-state index is 0.0493. The second-order valence-corrected chi connectivity index (χ2v) is 8.62. The van der Waals surface area contributed by atoms with Crippen LogP contribution in [0, 0.1) is 0 Å². The van der Waals surface area contributed by atoms with Crippen LogP contribution in [-0.4, -0.2) is 68.2 Å². The fraction of sp³-hybridized carbons (Fsp3) is 0.583. The first-order valence-electron chi connectivity index (χ1n) is 11.2. The number of amides is 2. The van der Waals surface area contributed by atoms with Crippen molar-refractivity contribution in [1.82, 2.24) is 9.80 Å². The summed E-state index contributed by atoms with van der Waals surface area (Å²) in [6.45, 7) is 1.91. The smallest absolute Gasteiger partial charge is 0.278 e. The number of hydrogen-bond donors (Lipinski definition) is 0. The molecule has 31 heavy (non-hydrogen) atoms. The number of hydrogen-bond acceptors (Lipinski definition) is 5. The molecule has 1 aliphatic heterocycles. The van der Waals surface area contributed by atoms with Crippen LogP contribution in [0.1, 0.15) is 50.5 Å². The van der Waals surface area contributed by atoms with Gasteiger partial charge in [-0.25, -0.2) is 0 Å². The number of carbonyl (C=O) groups is 2. The maximum absolute atomic E-state index is 13.7. The average molecular weight is 449 g/mol.